The summed E-state index contributed by atoms with van der Waals surface area (Å²) in [7, 11) is 0. The third-order valence-electron chi connectivity index (χ3n) is 3.43. The molecule has 1 aliphatic heterocycles. The highest BCUT2D eigenvalue weighted by atomic mass is 35.6. The smallest absolute Gasteiger partial charge is 0.248 e. The Kier molecular flexibility index (Phi) is 7.45. The van der Waals surface area contributed by atoms with E-state index in [4.69, 9.17) is 74.0 Å². The van der Waals surface area contributed by atoms with E-state index in [-0.39, 0.29) is 17.5 Å². The minimum Gasteiger partial charge on any atom is -0.445 e. The number of rotatable bonds is 5. The molecule has 0 aromatic carbocycles. The molecule has 2 heterocycles. The Balaban J connectivity index is 2.25. The third-order valence-corrected chi connectivity index (χ3v) is 4.51. The van der Waals surface area contributed by atoms with Crippen molar-refractivity contribution in [1.29, 1.82) is 0 Å². The van der Waals surface area contributed by atoms with Gasteiger partial charge in [0.05, 0.1) is 0 Å². The van der Waals surface area contributed by atoms with E-state index in [1.807, 2.05) is 12.1 Å². The lowest BCUT2D eigenvalue weighted by atomic mass is 10.3. The number of hydrogen-bond donors (Lipinski definition) is 1. The first-order valence-corrected chi connectivity index (χ1v) is 9.94. The lowest BCUT2D eigenvalue weighted by molar-refractivity contribution is 0.511. The molecule has 0 fully saturated rings. The van der Waals surface area contributed by atoms with Gasteiger partial charge in [0, 0.05) is 25.6 Å². The Bertz CT molecular complexity index is 693. The summed E-state index contributed by atoms with van der Waals surface area (Å²) in [6, 6.07) is 3.79. The SMILES string of the molecule is CCN(CC)c1ccc(CC=C2N=C(C(Cl)(Cl)Cl)NC(C(Cl)(Cl)Cl)=N2)o1. The highest BCUT2D eigenvalue weighted by Gasteiger charge is 2.37. The number of aliphatic imine (C=N–C) groups is 2. The Morgan fingerprint density at radius 2 is 1.54 bits per heavy atom. The fourth-order valence-electron chi connectivity index (χ4n) is 2.16. The maximum atomic E-state index is 5.88. The summed E-state index contributed by atoms with van der Waals surface area (Å²) in [4.78, 5) is 10.4. The zero-order valence-corrected chi connectivity index (χ0v) is 18.4. The van der Waals surface area contributed by atoms with Crippen molar-refractivity contribution in [2.45, 2.75) is 27.9 Å². The van der Waals surface area contributed by atoms with E-state index in [0.717, 1.165) is 24.7 Å². The molecule has 1 aromatic heterocycles. The molecule has 144 valence electrons. The first-order chi connectivity index (χ1) is 12.0. The molecule has 0 atom stereocenters. The van der Waals surface area contributed by atoms with E-state index >= 15 is 0 Å². The topological polar surface area (TPSA) is 53.1 Å². The second-order valence-electron chi connectivity index (χ2n) is 5.22. The van der Waals surface area contributed by atoms with Crippen LogP contribution in [-0.2, 0) is 6.42 Å². The molecule has 1 N–H and O–H groups in total. The first kappa shape index (κ1) is 22.0. The van der Waals surface area contributed by atoms with E-state index in [1.54, 1.807) is 6.08 Å². The number of anilines is 1. The Morgan fingerprint density at radius 3 is 2.00 bits per heavy atom. The summed E-state index contributed by atoms with van der Waals surface area (Å²) in [6.45, 7) is 5.82. The number of nitrogens with zero attached hydrogens (tertiary/aromatic N) is 3. The van der Waals surface area contributed by atoms with Crippen LogP contribution in [0.15, 0.2) is 38.4 Å². The maximum Gasteiger partial charge on any atom is 0.248 e. The molecule has 11 heteroatoms. The molecule has 0 amide bonds. The Hall–Kier alpha value is -0.300. The minimum absolute atomic E-state index is 0.00616. The van der Waals surface area contributed by atoms with Crippen LogP contribution < -0.4 is 10.2 Å². The van der Waals surface area contributed by atoms with E-state index < -0.39 is 7.59 Å². The summed E-state index contributed by atoms with van der Waals surface area (Å²) < 4.78 is 2.17. The van der Waals surface area contributed by atoms with Crippen molar-refractivity contribution in [3.8, 4) is 0 Å². The van der Waals surface area contributed by atoms with Gasteiger partial charge in [-0.1, -0.05) is 69.6 Å². The zero-order chi connectivity index (χ0) is 19.5. The van der Waals surface area contributed by atoms with Crippen molar-refractivity contribution >= 4 is 87.2 Å². The summed E-state index contributed by atoms with van der Waals surface area (Å²) in [6.07, 6.45) is 2.11. The van der Waals surface area contributed by atoms with Crippen LogP contribution in [0.2, 0.25) is 0 Å². The van der Waals surface area contributed by atoms with Crippen LogP contribution in [0.25, 0.3) is 0 Å². The molecule has 0 saturated carbocycles. The van der Waals surface area contributed by atoms with Gasteiger partial charge >= 0.3 is 0 Å². The molecule has 0 saturated heterocycles. The highest BCUT2D eigenvalue weighted by molar-refractivity contribution is 6.79. The average Bonchev–Trinajstić information content (AvgIpc) is 3.01. The Morgan fingerprint density at radius 1 is 1.00 bits per heavy atom. The molecule has 0 aliphatic carbocycles. The third kappa shape index (κ3) is 5.85. The first-order valence-electron chi connectivity index (χ1n) is 7.67. The normalized spacial score (nSPS) is 15.3. The maximum absolute atomic E-state index is 5.88. The molecule has 1 aliphatic rings. The number of halogens is 6. The highest BCUT2D eigenvalue weighted by Crippen LogP contribution is 2.33. The van der Waals surface area contributed by atoms with Gasteiger partial charge in [-0.15, -0.1) is 0 Å². The number of furan rings is 1. The van der Waals surface area contributed by atoms with Crippen LogP contribution in [0, 0.1) is 0 Å². The molecule has 0 radical (unpaired) electrons. The van der Waals surface area contributed by atoms with Gasteiger partial charge in [-0.25, -0.2) is 9.98 Å². The van der Waals surface area contributed by atoms with Crippen LogP contribution in [-0.4, -0.2) is 32.3 Å². The number of allylic oxidation sites excluding steroid dienone is 1. The Labute approximate surface area is 181 Å². The standard InChI is InChI=1S/C15H16Cl6N4O/c1-3-25(4-2)11-8-6-9(26-11)5-7-10-22-12(14(16,17)18)24-13(23-10)15(19,20)21/h6-8H,3-5H2,1-2H3,(H,22,23,24). The average molecular weight is 481 g/mol. The summed E-state index contributed by atoms with van der Waals surface area (Å²) in [5, 5.41) is 2.63. The predicted molar refractivity (Wildman–Crippen MR) is 113 cm³/mol. The van der Waals surface area contributed by atoms with Crippen molar-refractivity contribution in [2.75, 3.05) is 18.0 Å². The van der Waals surface area contributed by atoms with Crippen molar-refractivity contribution in [2.24, 2.45) is 9.98 Å². The second-order valence-corrected chi connectivity index (χ2v) is 9.78. The van der Waals surface area contributed by atoms with Crippen LogP contribution in [0.3, 0.4) is 0 Å². The molecule has 0 spiro atoms. The van der Waals surface area contributed by atoms with E-state index in [0.29, 0.717) is 6.42 Å². The molecule has 2 rings (SSSR count). The number of amidine groups is 2. The fraction of sp³-hybridized carbons (Fsp3) is 0.467. The molecule has 0 bridgehead atoms. The van der Waals surface area contributed by atoms with Gasteiger partial charge in [0.25, 0.3) is 0 Å². The lowest BCUT2D eigenvalue weighted by Crippen LogP contribution is -2.46. The van der Waals surface area contributed by atoms with E-state index in [2.05, 4.69) is 34.0 Å². The summed E-state index contributed by atoms with van der Waals surface area (Å²) in [5.74, 6) is 1.76. The molecule has 5 nitrogen and oxygen atoms in total. The zero-order valence-electron chi connectivity index (χ0n) is 13.9. The quantitative estimate of drug-likeness (QED) is 0.554. The van der Waals surface area contributed by atoms with Gasteiger partial charge in [-0.05, 0) is 26.0 Å². The van der Waals surface area contributed by atoms with Crippen molar-refractivity contribution < 1.29 is 4.42 Å². The predicted octanol–water partition coefficient (Wildman–Crippen LogP) is 5.65. The van der Waals surface area contributed by atoms with Gasteiger partial charge in [0.2, 0.25) is 7.59 Å². The van der Waals surface area contributed by atoms with Crippen LogP contribution in [0.4, 0.5) is 5.88 Å². The van der Waals surface area contributed by atoms with Crippen molar-refractivity contribution in [3.63, 3.8) is 0 Å². The van der Waals surface area contributed by atoms with E-state index in [1.165, 1.54) is 0 Å². The fourth-order valence-corrected chi connectivity index (χ4v) is 2.69. The van der Waals surface area contributed by atoms with Crippen LogP contribution in [0.1, 0.15) is 19.6 Å². The van der Waals surface area contributed by atoms with Gasteiger partial charge in [-0.3, -0.25) is 0 Å². The molecular formula is C15H16Cl6N4O. The largest absolute Gasteiger partial charge is 0.445 e. The summed E-state index contributed by atoms with van der Waals surface area (Å²) >= 11 is 35.3. The molecular weight excluding hydrogens is 465 g/mol. The number of hydrogen-bond acceptors (Lipinski definition) is 5. The van der Waals surface area contributed by atoms with E-state index in [9.17, 15) is 0 Å². The van der Waals surface area contributed by atoms with Crippen LogP contribution >= 0.6 is 69.6 Å². The second kappa shape index (κ2) is 8.80. The molecule has 1 aromatic rings. The monoisotopic (exact) mass is 478 g/mol. The van der Waals surface area contributed by atoms with Crippen molar-refractivity contribution in [3.05, 3.63) is 29.8 Å². The van der Waals surface area contributed by atoms with Gasteiger partial charge in [-0.2, -0.15) is 0 Å². The summed E-state index contributed by atoms with van der Waals surface area (Å²) in [5.41, 5.74) is 0. The van der Waals surface area contributed by atoms with Crippen LogP contribution in [0.5, 0.6) is 0 Å². The van der Waals surface area contributed by atoms with Crippen molar-refractivity contribution in [1.82, 2.24) is 5.32 Å². The number of alkyl halides is 6. The molecule has 26 heavy (non-hydrogen) atoms. The van der Waals surface area contributed by atoms with Gasteiger partial charge < -0.3 is 14.6 Å². The molecule has 0 unspecified atom stereocenters. The minimum atomic E-state index is -1.82. The van der Waals surface area contributed by atoms with Gasteiger partial charge in [0.1, 0.15) is 5.76 Å². The van der Waals surface area contributed by atoms with Gasteiger partial charge in [0.15, 0.2) is 23.4 Å². The number of nitrogens with one attached hydrogen (secondary N) is 1. The lowest BCUT2D eigenvalue weighted by Gasteiger charge is -2.24.